The molecule has 1 saturated carbocycles. The summed E-state index contributed by atoms with van der Waals surface area (Å²) in [6.45, 7) is 0. The predicted octanol–water partition coefficient (Wildman–Crippen LogP) is 4.58. The van der Waals surface area contributed by atoms with Crippen LogP contribution in [0.3, 0.4) is 0 Å². The summed E-state index contributed by atoms with van der Waals surface area (Å²) in [7, 11) is 0. The maximum atomic E-state index is 2.78. The third-order valence-corrected chi connectivity index (χ3v) is 20.4. The Kier molecular flexibility index (Phi) is 3.61. The van der Waals surface area contributed by atoms with Crippen molar-refractivity contribution in [3.05, 3.63) is 0 Å². The van der Waals surface area contributed by atoms with Crippen LogP contribution in [0.25, 0.3) is 0 Å². The molecule has 0 amide bonds. The first kappa shape index (κ1) is 10.3. The van der Waals surface area contributed by atoms with Gasteiger partial charge in [0.25, 0.3) is 0 Å². The van der Waals surface area contributed by atoms with Gasteiger partial charge < -0.3 is 0 Å². The fourth-order valence-corrected chi connectivity index (χ4v) is 17.8. The molecule has 2 aliphatic rings. The normalized spacial score (nSPS) is 30.2. The molecule has 1 saturated heterocycles. The molecule has 76 valence electrons. The van der Waals surface area contributed by atoms with E-state index in [1.165, 1.54) is 3.93 Å². The summed E-state index contributed by atoms with van der Waals surface area (Å²) in [6, 6.07) is 0. The first-order chi connectivity index (χ1) is 6.31. The molecule has 0 N–H and O–H groups in total. The molecule has 0 spiro atoms. The van der Waals surface area contributed by atoms with E-state index in [2.05, 4.69) is 4.94 Å². The van der Waals surface area contributed by atoms with E-state index in [4.69, 9.17) is 0 Å². The van der Waals surface area contributed by atoms with Crippen molar-refractivity contribution in [2.45, 2.75) is 69.1 Å². The maximum absolute atomic E-state index is 2.78. The third kappa shape index (κ3) is 2.43. The van der Waals surface area contributed by atoms with E-state index in [0.29, 0.717) is 0 Å². The Hall–Kier alpha value is 0.799. The topological polar surface area (TPSA) is 0 Å². The Labute approximate surface area is 87.4 Å². The van der Waals surface area contributed by atoms with Gasteiger partial charge in [0.2, 0.25) is 0 Å². The van der Waals surface area contributed by atoms with Crippen LogP contribution in [0.4, 0.5) is 0 Å². The van der Waals surface area contributed by atoms with E-state index in [0.717, 1.165) is 0 Å². The zero-order chi connectivity index (χ0) is 9.15. The average molecular weight is 287 g/mol. The first-order valence-corrected chi connectivity index (χ1v) is 14.9. The molecule has 0 aromatic carbocycles. The first-order valence-electron chi connectivity index (χ1n) is 6.31. The molecule has 1 aliphatic carbocycles. The third-order valence-electron chi connectivity index (χ3n) is 4.59. The molecule has 0 nitrogen and oxygen atoms in total. The van der Waals surface area contributed by atoms with Gasteiger partial charge in [0.15, 0.2) is 0 Å². The van der Waals surface area contributed by atoms with Gasteiger partial charge in [-0.3, -0.25) is 0 Å². The van der Waals surface area contributed by atoms with Gasteiger partial charge in [-0.1, -0.05) is 0 Å². The van der Waals surface area contributed by atoms with Crippen molar-refractivity contribution in [3.8, 4) is 0 Å². The van der Waals surface area contributed by atoms with Crippen molar-refractivity contribution in [1.29, 1.82) is 0 Å². The van der Waals surface area contributed by atoms with Crippen LogP contribution in [0.2, 0.25) is 17.7 Å². The van der Waals surface area contributed by atoms with Crippen LogP contribution in [0.1, 0.15) is 51.4 Å². The van der Waals surface area contributed by atoms with Gasteiger partial charge in [0.1, 0.15) is 0 Å². The van der Waals surface area contributed by atoms with E-state index >= 15 is 0 Å². The average Bonchev–Trinajstić information content (AvgIpc) is 2.20. The van der Waals surface area contributed by atoms with Gasteiger partial charge in [-0.2, -0.15) is 0 Å². The Balaban J connectivity index is 1.94. The second kappa shape index (κ2) is 4.55. The summed E-state index contributed by atoms with van der Waals surface area (Å²) in [4.78, 5) is 2.78. The van der Waals surface area contributed by atoms with Crippen molar-refractivity contribution >= 4 is 18.4 Å². The summed E-state index contributed by atoms with van der Waals surface area (Å²) in [5, 5.41) is 0. The zero-order valence-corrected chi connectivity index (χ0v) is 12.0. The van der Waals surface area contributed by atoms with Crippen LogP contribution >= 0.6 is 0 Å². The van der Waals surface area contributed by atoms with Crippen LogP contribution in [0.15, 0.2) is 0 Å². The number of hydrogen-bond donors (Lipinski definition) is 0. The van der Waals surface area contributed by atoms with E-state index in [9.17, 15) is 0 Å². The van der Waals surface area contributed by atoms with Crippen LogP contribution in [0.5, 0.6) is 0 Å². The Morgan fingerprint density at radius 3 is 1.92 bits per heavy atom. The Bertz CT molecular complexity index is 153. The molecular weight excluding hydrogens is 263 g/mol. The summed E-state index contributed by atoms with van der Waals surface area (Å²) >= 11 is -1.50. The van der Waals surface area contributed by atoms with Gasteiger partial charge in [0.05, 0.1) is 0 Å². The predicted molar refractivity (Wildman–Crippen MR) is 61.9 cm³/mol. The minimum absolute atomic E-state index is 1.29. The SMILES string of the molecule is [CH3][Sn]1([CH]2CCCCC2)[CH2]CCC[CH2]1. The van der Waals surface area contributed by atoms with Crippen molar-refractivity contribution in [2.24, 2.45) is 0 Å². The monoisotopic (exact) mass is 288 g/mol. The second-order valence-electron chi connectivity index (χ2n) is 5.55. The van der Waals surface area contributed by atoms with Crippen LogP contribution in [-0.4, -0.2) is 18.4 Å². The van der Waals surface area contributed by atoms with Crippen LogP contribution < -0.4 is 0 Å². The van der Waals surface area contributed by atoms with Crippen LogP contribution in [-0.2, 0) is 0 Å². The summed E-state index contributed by atoms with van der Waals surface area (Å²) < 4.78 is 4.77. The van der Waals surface area contributed by atoms with Gasteiger partial charge >= 0.3 is 87.5 Å². The molecule has 0 radical (unpaired) electrons. The van der Waals surface area contributed by atoms with Gasteiger partial charge in [-0.15, -0.1) is 0 Å². The second-order valence-corrected chi connectivity index (χ2v) is 20.2. The van der Waals surface area contributed by atoms with E-state index in [-0.39, 0.29) is 0 Å². The molecule has 0 aromatic heterocycles. The van der Waals surface area contributed by atoms with Gasteiger partial charge in [0, 0.05) is 0 Å². The summed E-state index contributed by atoms with van der Waals surface area (Å²) in [6.07, 6.45) is 12.7. The molecule has 0 atom stereocenters. The fraction of sp³-hybridized carbons (Fsp3) is 1.00. The molecule has 1 aliphatic heterocycles. The number of rotatable bonds is 1. The van der Waals surface area contributed by atoms with Crippen molar-refractivity contribution in [1.82, 2.24) is 0 Å². The molecule has 0 aromatic rings. The summed E-state index contributed by atoms with van der Waals surface area (Å²) in [5.74, 6) is 0. The summed E-state index contributed by atoms with van der Waals surface area (Å²) in [5.41, 5.74) is 0. The van der Waals surface area contributed by atoms with E-state index in [1.807, 2.05) is 0 Å². The quantitative estimate of drug-likeness (QED) is 0.619. The van der Waals surface area contributed by atoms with Crippen molar-refractivity contribution in [2.75, 3.05) is 0 Å². The van der Waals surface area contributed by atoms with E-state index < -0.39 is 18.4 Å². The minimum atomic E-state index is -1.50. The molecule has 1 heteroatoms. The molecule has 0 bridgehead atoms. The van der Waals surface area contributed by atoms with Crippen molar-refractivity contribution in [3.63, 3.8) is 0 Å². The molecule has 0 unspecified atom stereocenters. The van der Waals surface area contributed by atoms with E-state index in [1.54, 1.807) is 60.2 Å². The van der Waals surface area contributed by atoms with Gasteiger partial charge in [-0.05, 0) is 0 Å². The zero-order valence-electron chi connectivity index (χ0n) is 9.15. The molecule has 2 fully saturated rings. The van der Waals surface area contributed by atoms with Crippen molar-refractivity contribution < 1.29 is 0 Å². The molecular formula is C12H24Sn. The standard InChI is InChI=1S/C6H11.C5H10.CH3.Sn/c1-2-4-6-5-3-1;1-3-5-4-2;;/h1H,2-6H2;1-5H2;1H3;. The van der Waals surface area contributed by atoms with Crippen LogP contribution in [0, 0.1) is 0 Å². The molecule has 1 heterocycles. The number of hydrogen-bond acceptors (Lipinski definition) is 0. The fourth-order valence-electron chi connectivity index (χ4n) is 3.57. The molecule has 13 heavy (non-hydrogen) atoms. The Morgan fingerprint density at radius 1 is 0.769 bits per heavy atom. The van der Waals surface area contributed by atoms with Gasteiger partial charge in [-0.25, -0.2) is 0 Å². The Morgan fingerprint density at radius 2 is 1.31 bits per heavy atom. The molecule has 2 rings (SSSR count).